The minimum atomic E-state index is 0.656. The van der Waals surface area contributed by atoms with Crippen LogP contribution in [0.1, 0.15) is 53.9 Å². The molecule has 2 nitrogen and oxygen atoms in total. The van der Waals surface area contributed by atoms with Crippen LogP contribution in [0.2, 0.25) is 0 Å². The minimum Gasteiger partial charge on any atom is -0.311 e. The zero-order valence-corrected chi connectivity index (χ0v) is 12.9. The molecule has 0 amide bonds. The summed E-state index contributed by atoms with van der Waals surface area (Å²) in [6.07, 6.45) is 4.32. The van der Waals surface area contributed by atoms with Gasteiger partial charge in [-0.2, -0.15) is 0 Å². The quantitative estimate of drug-likeness (QED) is 0.827. The Bertz CT molecular complexity index is 248. The Morgan fingerprint density at radius 3 is 1.94 bits per heavy atom. The summed E-state index contributed by atoms with van der Waals surface area (Å²) in [7, 11) is 0. The number of rotatable bonds is 4. The van der Waals surface area contributed by atoms with Crippen LogP contribution in [0, 0.1) is 17.8 Å². The molecule has 3 unspecified atom stereocenters. The van der Waals surface area contributed by atoms with Crippen LogP contribution in [0.25, 0.3) is 0 Å². The second-order valence-corrected chi connectivity index (χ2v) is 7.22. The number of nitrogens with zero attached hydrogens (tertiary/aromatic N) is 1. The summed E-state index contributed by atoms with van der Waals surface area (Å²) >= 11 is 0. The average Bonchev–Trinajstić information content (AvgIpc) is 2.27. The van der Waals surface area contributed by atoms with Gasteiger partial charge in [-0.05, 0) is 51.4 Å². The molecule has 2 rings (SSSR count). The lowest BCUT2D eigenvalue weighted by molar-refractivity contribution is 0.0235. The lowest BCUT2D eigenvalue weighted by Crippen LogP contribution is -2.60. The van der Waals surface area contributed by atoms with E-state index in [9.17, 15) is 0 Å². The van der Waals surface area contributed by atoms with E-state index in [0.717, 1.165) is 29.8 Å². The highest BCUT2D eigenvalue weighted by atomic mass is 15.2. The number of piperidine rings is 1. The van der Waals surface area contributed by atoms with Crippen molar-refractivity contribution in [2.24, 2.45) is 17.8 Å². The molecule has 0 aromatic carbocycles. The molecule has 1 heterocycles. The SMILES string of the molecule is CC(C)C(C)NC1C2CCCC1CN(C(C)C)C2. The van der Waals surface area contributed by atoms with Crippen molar-refractivity contribution >= 4 is 0 Å². The summed E-state index contributed by atoms with van der Waals surface area (Å²) in [5.41, 5.74) is 0. The van der Waals surface area contributed by atoms with Crippen LogP contribution in [-0.4, -0.2) is 36.1 Å². The zero-order valence-electron chi connectivity index (χ0n) is 12.9. The van der Waals surface area contributed by atoms with Crippen LogP contribution < -0.4 is 5.32 Å². The summed E-state index contributed by atoms with van der Waals surface area (Å²) in [5, 5.41) is 3.95. The van der Waals surface area contributed by atoms with E-state index in [0.29, 0.717) is 6.04 Å². The molecule has 2 fully saturated rings. The Hall–Kier alpha value is -0.0800. The molecule has 2 heteroatoms. The first-order chi connectivity index (χ1) is 8.49. The third-order valence-corrected chi connectivity index (χ3v) is 5.29. The van der Waals surface area contributed by atoms with E-state index >= 15 is 0 Å². The fourth-order valence-electron chi connectivity index (χ4n) is 3.66. The Morgan fingerprint density at radius 1 is 0.944 bits per heavy atom. The third kappa shape index (κ3) is 3.08. The zero-order chi connectivity index (χ0) is 13.3. The molecule has 2 bridgehead atoms. The monoisotopic (exact) mass is 252 g/mol. The Labute approximate surface area is 114 Å². The van der Waals surface area contributed by atoms with E-state index in [-0.39, 0.29) is 0 Å². The number of fused-ring (bicyclic) bond motifs is 2. The molecule has 1 aliphatic carbocycles. The molecular weight excluding hydrogens is 220 g/mol. The molecule has 0 radical (unpaired) electrons. The van der Waals surface area contributed by atoms with E-state index in [2.05, 4.69) is 44.8 Å². The van der Waals surface area contributed by atoms with Crippen LogP contribution in [-0.2, 0) is 0 Å². The maximum atomic E-state index is 3.95. The molecule has 1 saturated carbocycles. The number of nitrogens with one attached hydrogen (secondary N) is 1. The van der Waals surface area contributed by atoms with Gasteiger partial charge in [0.25, 0.3) is 0 Å². The summed E-state index contributed by atoms with van der Waals surface area (Å²) in [6, 6.07) is 2.16. The van der Waals surface area contributed by atoms with Crippen molar-refractivity contribution in [3.8, 4) is 0 Å². The van der Waals surface area contributed by atoms with Gasteiger partial charge in [0.15, 0.2) is 0 Å². The molecule has 0 aromatic heterocycles. The highest BCUT2D eigenvalue weighted by Gasteiger charge is 2.40. The number of likely N-dealkylation sites (tertiary alicyclic amines) is 1. The van der Waals surface area contributed by atoms with Gasteiger partial charge in [-0.25, -0.2) is 0 Å². The van der Waals surface area contributed by atoms with Gasteiger partial charge < -0.3 is 10.2 Å². The molecule has 2 aliphatic rings. The van der Waals surface area contributed by atoms with Gasteiger partial charge in [0.05, 0.1) is 0 Å². The summed E-state index contributed by atoms with van der Waals surface area (Å²) < 4.78 is 0. The fraction of sp³-hybridized carbons (Fsp3) is 1.00. The fourth-order valence-corrected chi connectivity index (χ4v) is 3.66. The van der Waals surface area contributed by atoms with Gasteiger partial charge in [0.2, 0.25) is 0 Å². The highest BCUT2D eigenvalue weighted by Crippen LogP contribution is 2.36. The van der Waals surface area contributed by atoms with Gasteiger partial charge in [-0.3, -0.25) is 0 Å². The second kappa shape index (κ2) is 5.92. The Morgan fingerprint density at radius 2 is 1.50 bits per heavy atom. The predicted octanol–water partition coefficient (Wildman–Crippen LogP) is 3.13. The molecule has 1 saturated heterocycles. The van der Waals surface area contributed by atoms with Gasteiger partial charge in [0.1, 0.15) is 0 Å². The maximum absolute atomic E-state index is 3.95. The lowest BCUT2D eigenvalue weighted by atomic mass is 9.72. The lowest BCUT2D eigenvalue weighted by Gasteiger charge is -2.50. The van der Waals surface area contributed by atoms with Crippen molar-refractivity contribution in [3.05, 3.63) is 0 Å². The molecule has 3 atom stereocenters. The third-order valence-electron chi connectivity index (χ3n) is 5.29. The minimum absolute atomic E-state index is 0.656. The standard InChI is InChI=1S/C16H32N2/c1-11(2)13(5)17-16-14-7-6-8-15(16)10-18(9-14)12(3)4/h11-17H,6-10H2,1-5H3. The predicted molar refractivity (Wildman–Crippen MR) is 78.8 cm³/mol. The topological polar surface area (TPSA) is 15.3 Å². The summed E-state index contributed by atoms with van der Waals surface area (Å²) in [5.74, 6) is 2.52. The molecule has 106 valence electrons. The van der Waals surface area contributed by atoms with Crippen LogP contribution in [0.3, 0.4) is 0 Å². The van der Waals surface area contributed by atoms with Crippen molar-refractivity contribution in [2.45, 2.75) is 72.0 Å². The van der Waals surface area contributed by atoms with E-state index in [4.69, 9.17) is 0 Å². The van der Waals surface area contributed by atoms with E-state index in [1.165, 1.54) is 32.4 Å². The molecular formula is C16H32N2. The second-order valence-electron chi connectivity index (χ2n) is 7.22. The van der Waals surface area contributed by atoms with Crippen molar-refractivity contribution in [2.75, 3.05) is 13.1 Å². The number of hydrogen-bond donors (Lipinski definition) is 1. The summed E-state index contributed by atoms with van der Waals surface area (Å²) in [4.78, 5) is 2.70. The van der Waals surface area contributed by atoms with Crippen LogP contribution in [0.5, 0.6) is 0 Å². The average molecular weight is 252 g/mol. The van der Waals surface area contributed by atoms with Crippen molar-refractivity contribution in [1.29, 1.82) is 0 Å². The normalized spacial score (nSPS) is 35.2. The van der Waals surface area contributed by atoms with Crippen LogP contribution in [0.4, 0.5) is 0 Å². The number of hydrogen-bond acceptors (Lipinski definition) is 2. The molecule has 0 spiro atoms. The van der Waals surface area contributed by atoms with Crippen LogP contribution in [0.15, 0.2) is 0 Å². The van der Waals surface area contributed by atoms with Crippen LogP contribution >= 0.6 is 0 Å². The molecule has 18 heavy (non-hydrogen) atoms. The van der Waals surface area contributed by atoms with Gasteiger partial charge in [0, 0.05) is 31.2 Å². The first-order valence-electron chi connectivity index (χ1n) is 7.99. The van der Waals surface area contributed by atoms with E-state index in [1.807, 2.05) is 0 Å². The van der Waals surface area contributed by atoms with E-state index in [1.54, 1.807) is 0 Å². The van der Waals surface area contributed by atoms with Crippen molar-refractivity contribution in [1.82, 2.24) is 10.2 Å². The van der Waals surface area contributed by atoms with Crippen molar-refractivity contribution in [3.63, 3.8) is 0 Å². The first kappa shape index (κ1) is 14.3. The van der Waals surface area contributed by atoms with Gasteiger partial charge in [-0.1, -0.05) is 20.3 Å². The van der Waals surface area contributed by atoms with Gasteiger partial charge in [-0.15, -0.1) is 0 Å². The van der Waals surface area contributed by atoms with Gasteiger partial charge >= 0.3 is 0 Å². The first-order valence-corrected chi connectivity index (χ1v) is 7.99. The maximum Gasteiger partial charge on any atom is 0.0151 e. The van der Waals surface area contributed by atoms with Crippen molar-refractivity contribution < 1.29 is 0 Å². The molecule has 1 N–H and O–H groups in total. The highest BCUT2D eigenvalue weighted by molar-refractivity contribution is 4.96. The van der Waals surface area contributed by atoms with E-state index < -0.39 is 0 Å². The summed E-state index contributed by atoms with van der Waals surface area (Å²) in [6.45, 7) is 14.3. The molecule has 0 aromatic rings. The Balaban J connectivity index is 2.00. The Kier molecular flexibility index (Phi) is 4.71. The molecule has 1 aliphatic heterocycles. The smallest absolute Gasteiger partial charge is 0.0151 e. The largest absolute Gasteiger partial charge is 0.311 e.